The Kier molecular flexibility index (Phi) is 1.60. The van der Waals surface area contributed by atoms with Gasteiger partial charge in [0.15, 0.2) is 5.69 Å². The zero-order valence-corrected chi connectivity index (χ0v) is 8.65. The largest absolute Gasteiger partial charge is 0.435 e. The molecule has 0 N–H and O–H groups in total. The molecule has 0 saturated heterocycles. The Balaban J connectivity index is 2.28. The minimum absolute atomic E-state index is 0.168. The van der Waals surface area contributed by atoms with Crippen molar-refractivity contribution in [2.24, 2.45) is 13.0 Å². The van der Waals surface area contributed by atoms with Crippen molar-refractivity contribution in [3.63, 3.8) is 0 Å². The highest BCUT2D eigenvalue weighted by molar-refractivity contribution is 5.58. The van der Waals surface area contributed by atoms with Gasteiger partial charge in [0, 0.05) is 18.5 Å². The first-order valence-electron chi connectivity index (χ1n) is 4.88. The SMILES string of the molecule is C=C1[C@@H]2c3c(C(F)(F)F)nn(C)c3C(F)(F)[C@H]12. The van der Waals surface area contributed by atoms with Crippen LogP contribution in [0.2, 0.25) is 0 Å². The van der Waals surface area contributed by atoms with Gasteiger partial charge in [0.2, 0.25) is 0 Å². The fourth-order valence-electron chi connectivity index (χ4n) is 2.70. The van der Waals surface area contributed by atoms with Gasteiger partial charge < -0.3 is 0 Å². The highest BCUT2D eigenvalue weighted by Gasteiger charge is 2.70. The van der Waals surface area contributed by atoms with E-state index in [9.17, 15) is 22.0 Å². The van der Waals surface area contributed by atoms with Crippen LogP contribution < -0.4 is 0 Å². The van der Waals surface area contributed by atoms with Crippen molar-refractivity contribution in [1.82, 2.24) is 9.78 Å². The molecule has 1 aromatic rings. The monoisotopic (exact) mass is 250 g/mol. The van der Waals surface area contributed by atoms with E-state index in [1.165, 1.54) is 0 Å². The number of nitrogens with zero attached hydrogens (tertiary/aromatic N) is 2. The van der Waals surface area contributed by atoms with Crippen molar-refractivity contribution in [2.45, 2.75) is 18.0 Å². The van der Waals surface area contributed by atoms with Crippen LogP contribution in [0, 0.1) is 5.92 Å². The highest BCUT2D eigenvalue weighted by Crippen LogP contribution is 2.71. The van der Waals surface area contributed by atoms with Crippen LogP contribution in [0.5, 0.6) is 0 Å². The number of hydrogen-bond donors (Lipinski definition) is 0. The van der Waals surface area contributed by atoms with Gasteiger partial charge in [-0.15, -0.1) is 0 Å². The van der Waals surface area contributed by atoms with E-state index in [1.54, 1.807) is 0 Å². The van der Waals surface area contributed by atoms with Gasteiger partial charge in [-0.25, -0.2) is 0 Å². The molecule has 1 fully saturated rings. The molecule has 0 radical (unpaired) electrons. The number of aryl methyl sites for hydroxylation is 1. The molecule has 2 nitrogen and oxygen atoms in total. The highest BCUT2D eigenvalue weighted by atomic mass is 19.4. The summed E-state index contributed by atoms with van der Waals surface area (Å²) in [4.78, 5) is 0. The van der Waals surface area contributed by atoms with Gasteiger partial charge in [-0.1, -0.05) is 12.2 Å². The van der Waals surface area contributed by atoms with Crippen LogP contribution in [0.4, 0.5) is 22.0 Å². The maximum atomic E-state index is 13.8. The molecule has 0 unspecified atom stereocenters. The Hall–Kier alpha value is -1.40. The van der Waals surface area contributed by atoms with Gasteiger partial charge in [0.1, 0.15) is 5.69 Å². The zero-order chi connectivity index (χ0) is 12.7. The number of fused-ring (bicyclic) bond motifs is 3. The third-order valence-electron chi connectivity index (χ3n) is 3.39. The normalized spacial score (nSPS) is 29.2. The summed E-state index contributed by atoms with van der Waals surface area (Å²) in [6.07, 6.45) is -4.71. The molecule has 0 aliphatic heterocycles. The summed E-state index contributed by atoms with van der Waals surface area (Å²) < 4.78 is 66.3. The van der Waals surface area contributed by atoms with Crippen LogP contribution in [0.3, 0.4) is 0 Å². The smallest absolute Gasteiger partial charge is 0.266 e. The second-order valence-corrected chi connectivity index (χ2v) is 4.39. The number of alkyl halides is 5. The Morgan fingerprint density at radius 1 is 1.35 bits per heavy atom. The standard InChI is InChI=1S/C10H7F5N2/c1-3-4-5-7(10(13,14)15)16-17(2)8(5)9(11,12)6(3)4/h4,6H,1H2,2H3/t4-,6-/m1/s1. The van der Waals surface area contributed by atoms with Crippen LogP contribution in [-0.2, 0) is 19.1 Å². The van der Waals surface area contributed by atoms with E-state index in [1.807, 2.05) is 0 Å². The first-order chi connectivity index (χ1) is 7.67. The molecule has 2 aliphatic carbocycles. The quantitative estimate of drug-likeness (QED) is 0.511. The van der Waals surface area contributed by atoms with E-state index in [4.69, 9.17) is 0 Å². The van der Waals surface area contributed by atoms with Crippen molar-refractivity contribution in [1.29, 1.82) is 0 Å². The maximum absolute atomic E-state index is 13.8. The summed E-state index contributed by atoms with van der Waals surface area (Å²) in [5.41, 5.74) is -2.05. The molecule has 2 atom stereocenters. The van der Waals surface area contributed by atoms with E-state index < -0.39 is 35.3 Å². The molecule has 1 heterocycles. The van der Waals surface area contributed by atoms with E-state index in [0.717, 1.165) is 7.05 Å². The van der Waals surface area contributed by atoms with Gasteiger partial charge in [0.05, 0.1) is 5.92 Å². The van der Waals surface area contributed by atoms with Crippen molar-refractivity contribution in [3.8, 4) is 0 Å². The van der Waals surface area contributed by atoms with Crippen LogP contribution in [0.15, 0.2) is 12.2 Å². The molecule has 0 amide bonds. The molecular formula is C10H7F5N2. The summed E-state index contributed by atoms with van der Waals surface area (Å²) in [5, 5.41) is 3.18. The third kappa shape index (κ3) is 1.07. The lowest BCUT2D eigenvalue weighted by atomic mass is 10.1. The Morgan fingerprint density at radius 2 is 1.94 bits per heavy atom. The number of aromatic nitrogens is 2. The van der Waals surface area contributed by atoms with Crippen molar-refractivity contribution < 1.29 is 22.0 Å². The van der Waals surface area contributed by atoms with Crippen LogP contribution in [0.25, 0.3) is 0 Å². The lowest BCUT2D eigenvalue weighted by Crippen LogP contribution is -2.18. The molecule has 0 aromatic carbocycles. The lowest BCUT2D eigenvalue weighted by Gasteiger charge is -2.13. The number of allylic oxidation sites excluding steroid dienone is 1. The molecule has 3 rings (SSSR count). The first kappa shape index (κ1) is 10.7. The minimum atomic E-state index is -4.71. The summed E-state index contributed by atoms with van der Waals surface area (Å²) in [7, 11) is 1.11. The van der Waals surface area contributed by atoms with Gasteiger partial charge in [-0.05, 0) is 0 Å². The van der Waals surface area contributed by atoms with Crippen molar-refractivity contribution >= 4 is 0 Å². The molecule has 17 heavy (non-hydrogen) atoms. The summed E-state index contributed by atoms with van der Waals surface area (Å²) >= 11 is 0. The van der Waals surface area contributed by atoms with Crippen LogP contribution >= 0.6 is 0 Å². The second-order valence-electron chi connectivity index (χ2n) is 4.39. The Morgan fingerprint density at radius 3 is 2.47 bits per heavy atom. The Bertz CT molecular complexity index is 540. The summed E-state index contributed by atoms with van der Waals surface area (Å²) in [6.45, 7) is 3.39. The van der Waals surface area contributed by atoms with Gasteiger partial charge >= 0.3 is 6.18 Å². The van der Waals surface area contributed by atoms with E-state index in [0.29, 0.717) is 4.68 Å². The third-order valence-corrected chi connectivity index (χ3v) is 3.39. The van der Waals surface area contributed by atoms with Gasteiger partial charge in [-0.2, -0.15) is 27.1 Å². The zero-order valence-electron chi connectivity index (χ0n) is 8.65. The van der Waals surface area contributed by atoms with Crippen molar-refractivity contribution in [3.05, 3.63) is 29.1 Å². The number of rotatable bonds is 0. The van der Waals surface area contributed by atoms with Gasteiger partial charge in [0.25, 0.3) is 5.92 Å². The molecule has 0 bridgehead atoms. The predicted octanol–water partition coefficient (Wildman–Crippen LogP) is 2.81. The predicted molar refractivity (Wildman–Crippen MR) is 47.5 cm³/mol. The molecule has 2 aliphatic rings. The maximum Gasteiger partial charge on any atom is 0.435 e. The van der Waals surface area contributed by atoms with Crippen molar-refractivity contribution in [2.75, 3.05) is 0 Å². The molecular weight excluding hydrogens is 243 g/mol. The number of halogens is 5. The second kappa shape index (κ2) is 2.54. The van der Waals surface area contributed by atoms with Crippen LogP contribution in [-0.4, -0.2) is 9.78 Å². The van der Waals surface area contributed by atoms with E-state index >= 15 is 0 Å². The topological polar surface area (TPSA) is 17.8 Å². The summed E-state index contributed by atoms with van der Waals surface area (Å²) in [5.74, 6) is -5.35. The molecule has 1 aromatic heterocycles. The molecule has 92 valence electrons. The Labute approximate surface area is 92.7 Å². The molecule has 1 saturated carbocycles. The average molecular weight is 250 g/mol. The summed E-state index contributed by atoms with van der Waals surface area (Å²) in [6, 6.07) is 0. The fraction of sp³-hybridized carbons (Fsp3) is 0.500. The van der Waals surface area contributed by atoms with E-state index in [2.05, 4.69) is 11.7 Å². The minimum Gasteiger partial charge on any atom is -0.266 e. The van der Waals surface area contributed by atoms with E-state index in [-0.39, 0.29) is 11.1 Å². The van der Waals surface area contributed by atoms with Crippen LogP contribution in [0.1, 0.15) is 22.9 Å². The fourth-order valence-corrected chi connectivity index (χ4v) is 2.70. The average Bonchev–Trinajstić information content (AvgIpc) is 2.57. The molecule has 7 heteroatoms. The molecule has 0 spiro atoms. The van der Waals surface area contributed by atoms with Gasteiger partial charge in [-0.3, -0.25) is 4.68 Å². The lowest BCUT2D eigenvalue weighted by molar-refractivity contribution is -0.142. The number of hydrogen-bond acceptors (Lipinski definition) is 1. The first-order valence-corrected chi connectivity index (χ1v) is 4.88.